The lowest BCUT2D eigenvalue weighted by Crippen LogP contribution is -2.29. The van der Waals surface area contributed by atoms with Crippen molar-refractivity contribution >= 4 is 5.91 Å². The fourth-order valence-electron chi connectivity index (χ4n) is 2.19. The van der Waals surface area contributed by atoms with Gasteiger partial charge in [0.25, 0.3) is 5.91 Å². The molecule has 0 aliphatic heterocycles. The van der Waals surface area contributed by atoms with Gasteiger partial charge in [-0.15, -0.1) is 0 Å². The zero-order valence-electron chi connectivity index (χ0n) is 12.3. The van der Waals surface area contributed by atoms with Crippen molar-refractivity contribution in [3.63, 3.8) is 0 Å². The van der Waals surface area contributed by atoms with E-state index < -0.39 is 0 Å². The van der Waals surface area contributed by atoms with Crippen molar-refractivity contribution in [3.05, 3.63) is 35.3 Å². The molecule has 0 aliphatic rings. The third-order valence-electron chi connectivity index (χ3n) is 3.10. The number of carbonyl (C=O) groups excluding carboxylic acids is 1. The highest BCUT2D eigenvalue weighted by Gasteiger charge is 2.19. The van der Waals surface area contributed by atoms with Gasteiger partial charge in [0.2, 0.25) is 0 Å². The molecule has 0 unspecified atom stereocenters. The summed E-state index contributed by atoms with van der Waals surface area (Å²) in [7, 11) is 0. The molecule has 0 bridgehead atoms. The quantitative estimate of drug-likeness (QED) is 0.910. The Bertz CT molecular complexity index is 600. The number of amides is 1. The van der Waals surface area contributed by atoms with Gasteiger partial charge in [-0.1, -0.05) is 6.92 Å². The summed E-state index contributed by atoms with van der Waals surface area (Å²) < 4.78 is 7.19. The Balaban J connectivity index is 2.11. The van der Waals surface area contributed by atoms with E-state index in [2.05, 4.69) is 22.3 Å². The lowest BCUT2D eigenvalue weighted by atomic mass is 10.2. The van der Waals surface area contributed by atoms with E-state index in [0.717, 1.165) is 24.6 Å². The highest BCUT2D eigenvalue weighted by molar-refractivity contribution is 5.95. The molecule has 1 atom stereocenters. The van der Waals surface area contributed by atoms with E-state index in [-0.39, 0.29) is 11.9 Å². The van der Waals surface area contributed by atoms with Crippen molar-refractivity contribution in [2.75, 3.05) is 0 Å². The van der Waals surface area contributed by atoms with Gasteiger partial charge < -0.3 is 9.73 Å². The van der Waals surface area contributed by atoms with Crippen molar-refractivity contribution < 1.29 is 9.21 Å². The standard InChI is InChI=1S/C14H20N4O2/c1-5-6-18-13(15-8-16-18)10(3)17-14(19)12-7-9(2)20-11(12)4/h7-8,10H,5-6H2,1-4H3,(H,17,19)/t10-/m0/s1. The van der Waals surface area contributed by atoms with Gasteiger partial charge in [0, 0.05) is 6.54 Å². The highest BCUT2D eigenvalue weighted by Crippen LogP contribution is 2.16. The molecule has 0 saturated heterocycles. The summed E-state index contributed by atoms with van der Waals surface area (Å²) in [5, 5.41) is 7.09. The van der Waals surface area contributed by atoms with Crippen LogP contribution < -0.4 is 5.32 Å². The third-order valence-corrected chi connectivity index (χ3v) is 3.10. The SMILES string of the molecule is CCCn1ncnc1[C@H](C)NC(=O)c1cc(C)oc1C. The topological polar surface area (TPSA) is 73.0 Å². The van der Waals surface area contributed by atoms with Crippen LogP contribution >= 0.6 is 0 Å². The first-order valence-electron chi connectivity index (χ1n) is 6.78. The average Bonchev–Trinajstić information content (AvgIpc) is 2.96. The van der Waals surface area contributed by atoms with Gasteiger partial charge in [0.1, 0.15) is 23.7 Å². The van der Waals surface area contributed by atoms with E-state index in [1.54, 1.807) is 13.0 Å². The van der Waals surface area contributed by atoms with Gasteiger partial charge in [-0.2, -0.15) is 5.10 Å². The number of rotatable bonds is 5. The Morgan fingerprint density at radius 2 is 2.25 bits per heavy atom. The van der Waals surface area contributed by atoms with Crippen LogP contribution in [0.2, 0.25) is 0 Å². The average molecular weight is 276 g/mol. The molecule has 0 aromatic carbocycles. The maximum Gasteiger partial charge on any atom is 0.255 e. The molecule has 6 heteroatoms. The lowest BCUT2D eigenvalue weighted by molar-refractivity contribution is 0.0936. The van der Waals surface area contributed by atoms with Gasteiger partial charge in [-0.3, -0.25) is 4.79 Å². The number of nitrogens with zero attached hydrogens (tertiary/aromatic N) is 3. The Hall–Kier alpha value is -2.11. The van der Waals surface area contributed by atoms with E-state index >= 15 is 0 Å². The Morgan fingerprint density at radius 3 is 2.85 bits per heavy atom. The number of nitrogens with one attached hydrogen (secondary N) is 1. The fourth-order valence-corrected chi connectivity index (χ4v) is 2.19. The first-order chi connectivity index (χ1) is 9.52. The third kappa shape index (κ3) is 2.89. The van der Waals surface area contributed by atoms with E-state index in [1.165, 1.54) is 6.33 Å². The molecule has 6 nitrogen and oxygen atoms in total. The van der Waals surface area contributed by atoms with Gasteiger partial charge in [0.15, 0.2) is 0 Å². The molecule has 0 fully saturated rings. The zero-order valence-corrected chi connectivity index (χ0v) is 12.3. The van der Waals surface area contributed by atoms with Gasteiger partial charge in [0.05, 0.1) is 11.6 Å². The highest BCUT2D eigenvalue weighted by atomic mass is 16.3. The minimum absolute atomic E-state index is 0.155. The summed E-state index contributed by atoms with van der Waals surface area (Å²) >= 11 is 0. The van der Waals surface area contributed by atoms with Crippen LogP contribution in [0.5, 0.6) is 0 Å². The van der Waals surface area contributed by atoms with E-state index in [4.69, 9.17) is 4.42 Å². The van der Waals surface area contributed by atoms with E-state index in [9.17, 15) is 4.79 Å². The number of hydrogen-bond acceptors (Lipinski definition) is 4. The molecule has 0 aliphatic carbocycles. The molecule has 20 heavy (non-hydrogen) atoms. The summed E-state index contributed by atoms with van der Waals surface area (Å²) in [4.78, 5) is 16.4. The van der Waals surface area contributed by atoms with Gasteiger partial charge in [-0.25, -0.2) is 9.67 Å². The molecule has 1 amide bonds. The van der Waals surface area contributed by atoms with Crippen LogP contribution in [0.25, 0.3) is 0 Å². The fraction of sp³-hybridized carbons (Fsp3) is 0.500. The number of hydrogen-bond donors (Lipinski definition) is 1. The van der Waals surface area contributed by atoms with Crippen LogP contribution in [0.1, 0.15) is 54.0 Å². The van der Waals surface area contributed by atoms with Crippen LogP contribution in [-0.4, -0.2) is 20.7 Å². The lowest BCUT2D eigenvalue weighted by Gasteiger charge is -2.14. The van der Waals surface area contributed by atoms with Gasteiger partial charge in [-0.05, 0) is 33.3 Å². The summed E-state index contributed by atoms with van der Waals surface area (Å²) in [5.41, 5.74) is 0.566. The van der Waals surface area contributed by atoms with Crippen LogP contribution in [0.15, 0.2) is 16.8 Å². The second-order valence-corrected chi connectivity index (χ2v) is 4.86. The van der Waals surface area contributed by atoms with Crippen molar-refractivity contribution in [1.29, 1.82) is 0 Å². The Labute approximate surface area is 118 Å². The minimum atomic E-state index is -0.203. The smallest absolute Gasteiger partial charge is 0.255 e. The summed E-state index contributed by atoms with van der Waals surface area (Å²) in [6.45, 7) is 8.37. The molecule has 2 heterocycles. The predicted molar refractivity (Wildman–Crippen MR) is 74.4 cm³/mol. The Kier molecular flexibility index (Phi) is 4.22. The molecule has 0 radical (unpaired) electrons. The van der Waals surface area contributed by atoms with Crippen molar-refractivity contribution in [2.24, 2.45) is 0 Å². The number of furan rings is 1. The summed E-state index contributed by atoms with van der Waals surface area (Å²) in [6.07, 6.45) is 2.48. The number of carbonyl (C=O) groups is 1. The largest absolute Gasteiger partial charge is 0.466 e. The van der Waals surface area contributed by atoms with Crippen molar-refractivity contribution in [1.82, 2.24) is 20.1 Å². The monoisotopic (exact) mass is 276 g/mol. The predicted octanol–water partition coefficient (Wildman–Crippen LogP) is 2.39. The minimum Gasteiger partial charge on any atom is -0.466 e. The molecule has 108 valence electrons. The summed E-state index contributed by atoms with van der Waals surface area (Å²) in [6, 6.07) is 1.54. The van der Waals surface area contributed by atoms with Crippen molar-refractivity contribution in [2.45, 2.75) is 46.7 Å². The maximum absolute atomic E-state index is 12.2. The zero-order chi connectivity index (χ0) is 14.7. The summed E-state index contributed by atoms with van der Waals surface area (Å²) in [5.74, 6) is 1.97. The first kappa shape index (κ1) is 14.3. The van der Waals surface area contributed by atoms with Crippen LogP contribution in [-0.2, 0) is 6.54 Å². The van der Waals surface area contributed by atoms with Crippen LogP contribution in [0.3, 0.4) is 0 Å². The number of aryl methyl sites for hydroxylation is 3. The molecule has 2 rings (SSSR count). The second-order valence-electron chi connectivity index (χ2n) is 4.86. The molecule has 0 spiro atoms. The normalized spacial score (nSPS) is 12.4. The van der Waals surface area contributed by atoms with Crippen LogP contribution in [0, 0.1) is 13.8 Å². The van der Waals surface area contributed by atoms with Gasteiger partial charge >= 0.3 is 0 Å². The second kappa shape index (κ2) is 5.90. The van der Waals surface area contributed by atoms with E-state index in [0.29, 0.717) is 11.3 Å². The molecule has 1 N–H and O–H groups in total. The van der Waals surface area contributed by atoms with E-state index in [1.807, 2.05) is 18.5 Å². The molecule has 2 aromatic heterocycles. The van der Waals surface area contributed by atoms with Crippen molar-refractivity contribution in [3.8, 4) is 0 Å². The first-order valence-corrected chi connectivity index (χ1v) is 6.78. The molecular weight excluding hydrogens is 256 g/mol. The maximum atomic E-state index is 12.2. The molecule has 2 aromatic rings. The number of aromatic nitrogens is 3. The van der Waals surface area contributed by atoms with Crippen LogP contribution in [0.4, 0.5) is 0 Å². The Morgan fingerprint density at radius 1 is 1.50 bits per heavy atom. The molecule has 0 saturated carbocycles. The molecular formula is C14H20N4O2.